The number of benzene rings is 2. The van der Waals surface area contributed by atoms with Gasteiger partial charge in [-0.1, -0.05) is 45.0 Å². The van der Waals surface area contributed by atoms with E-state index in [0.717, 1.165) is 16.7 Å². The Hall–Kier alpha value is -2.14. The van der Waals surface area contributed by atoms with Crippen molar-refractivity contribution in [2.75, 3.05) is 11.1 Å². The van der Waals surface area contributed by atoms with Gasteiger partial charge in [-0.05, 0) is 54.2 Å². The van der Waals surface area contributed by atoms with Crippen molar-refractivity contribution >= 4 is 21.4 Å². The van der Waals surface area contributed by atoms with Gasteiger partial charge in [0.15, 0.2) is 9.84 Å². The molecule has 1 amide bonds. The van der Waals surface area contributed by atoms with Crippen molar-refractivity contribution in [3.8, 4) is 0 Å². The maximum absolute atomic E-state index is 12.5. The molecule has 0 unspecified atom stereocenters. The van der Waals surface area contributed by atoms with Crippen molar-refractivity contribution < 1.29 is 13.2 Å². The number of carbonyl (C=O) groups excluding carboxylic acids is 1. The maximum Gasteiger partial charge on any atom is 0.239 e. The first kappa shape index (κ1) is 19.2. The number of anilines is 1. The smallest absolute Gasteiger partial charge is 0.239 e. The second kappa shape index (κ2) is 7.00. The molecular formula is C20H25NO3S. The van der Waals surface area contributed by atoms with E-state index in [1.165, 1.54) is 0 Å². The Kier molecular flexibility index (Phi) is 5.37. The minimum atomic E-state index is -3.68. The van der Waals surface area contributed by atoms with E-state index in [2.05, 4.69) is 5.32 Å². The number of aryl methyl sites for hydroxylation is 2. The Morgan fingerprint density at radius 2 is 1.64 bits per heavy atom. The molecule has 0 atom stereocenters. The molecule has 0 saturated heterocycles. The second-order valence-corrected chi connectivity index (χ2v) is 9.34. The van der Waals surface area contributed by atoms with Gasteiger partial charge in [0.2, 0.25) is 5.91 Å². The highest BCUT2D eigenvalue weighted by atomic mass is 32.2. The lowest BCUT2D eigenvalue weighted by Crippen LogP contribution is -2.25. The lowest BCUT2D eigenvalue weighted by molar-refractivity contribution is -0.113. The zero-order valence-corrected chi connectivity index (χ0v) is 16.2. The molecule has 5 heteroatoms. The van der Waals surface area contributed by atoms with Crippen LogP contribution < -0.4 is 5.32 Å². The third-order valence-corrected chi connectivity index (χ3v) is 5.78. The molecule has 0 bridgehead atoms. The summed E-state index contributed by atoms with van der Waals surface area (Å²) in [6.07, 6.45) is 0. The first-order valence-electron chi connectivity index (χ1n) is 8.20. The van der Waals surface area contributed by atoms with Crippen molar-refractivity contribution in [1.29, 1.82) is 0 Å². The van der Waals surface area contributed by atoms with Gasteiger partial charge in [0.05, 0.1) is 4.90 Å². The van der Waals surface area contributed by atoms with Crippen molar-refractivity contribution in [3.63, 3.8) is 0 Å². The number of amides is 1. The Morgan fingerprint density at radius 3 is 2.24 bits per heavy atom. The summed E-state index contributed by atoms with van der Waals surface area (Å²) in [5.41, 5.74) is 3.36. The maximum atomic E-state index is 12.5. The minimum Gasteiger partial charge on any atom is -0.325 e. The summed E-state index contributed by atoms with van der Waals surface area (Å²) >= 11 is 0. The van der Waals surface area contributed by atoms with E-state index in [1.54, 1.807) is 24.3 Å². The summed E-state index contributed by atoms with van der Waals surface area (Å²) in [6.45, 7) is 9.91. The Labute approximate surface area is 150 Å². The predicted octanol–water partition coefficient (Wildman–Crippen LogP) is 4.01. The fourth-order valence-corrected chi connectivity index (χ4v) is 3.81. The predicted molar refractivity (Wildman–Crippen MR) is 102 cm³/mol. The Bertz CT molecular complexity index is 893. The molecule has 0 aromatic heterocycles. The number of sulfone groups is 1. The highest BCUT2D eigenvalue weighted by Crippen LogP contribution is 2.29. The number of hydrogen-bond acceptors (Lipinski definition) is 3. The molecule has 25 heavy (non-hydrogen) atoms. The normalized spacial score (nSPS) is 12.0. The lowest BCUT2D eigenvalue weighted by atomic mass is 9.86. The molecule has 4 nitrogen and oxygen atoms in total. The van der Waals surface area contributed by atoms with E-state index < -0.39 is 21.5 Å². The zero-order valence-electron chi connectivity index (χ0n) is 15.4. The van der Waals surface area contributed by atoms with Crippen molar-refractivity contribution in [2.24, 2.45) is 0 Å². The largest absolute Gasteiger partial charge is 0.325 e. The first-order chi connectivity index (χ1) is 11.5. The Balaban J connectivity index is 2.22. The fourth-order valence-electron chi connectivity index (χ4n) is 2.60. The quantitative estimate of drug-likeness (QED) is 0.897. The van der Waals surface area contributed by atoms with E-state index in [4.69, 9.17) is 0 Å². The second-order valence-electron chi connectivity index (χ2n) is 7.35. The van der Waals surface area contributed by atoms with Crippen LogP contribution in [0.5, 0.6) is 0 Å². The summed E-state index contributed by atoms with van der Waals surface area (Å²) in [4.78, 5) is 12.5. The number of rotatable bonds is 4. The third kappa shape index (κ3) is 4.69. The van der Waals surface area contributed by atoms with E-state index in [0.29, 0.717) is 5.69 Å². The molecule has 2 aromatic carbocycles. The van der Waals surface area contributed by atoms with Gasteiger partial charge in [-0.3, -0.25) is 4.79 Å². The average Bonchev–Trinajstić information content (AvgIpc) is 2.48. The van der Waals surface area contributed by atoms with Crippen LogP contribution in [-0.2, 0) is 20.0 Å². The molecule has 0 saturated carbocycles. The van der Waals surface area contributed by atoms with Gasteiger partial charge in [0, 0.05) is 5.69 Å². The number of hydrogen-bond donors (Lipinski definition) is 1. The van der Waals surface area contributed by atoms with Crippen molar-refractivity contribution in [1.82, 2.24) is 0 Å². The van der Waals surface area contributed by atoms with Crippen molar-refractivity contribution in [2.45, 2.75) is 44.9 Å². The van der Waals surface area contributed by atoms with Gasteiger partial charge in [0.25, 0.3) is 0 Å². The number of nitrogens with one attached hydrogen (secondary N) is 1. The molecule has 0 aliphatic rings. The van der Waals surface area contributed by atoms with Gasteiger partial charge < -0.3 is 5.32 Å². The van der Waals surface area contributed by atoms with E-state index in [1.807, 2.05) is 52.8 Å². The van der Waals surface area contributed by atoms with Crippen LogP contribution in [0.15, 0.2) is 47.4 Å². The first-order valence-corrected chi connectivity index (χ1v) is 9.85. The van der Waals surface area contributed by atoms with Crippen LogP contribution in [0.3, 0.4) is 0 Å². The Morgan fingerprint density at radius 1 is 1.00 bits per heavy atom. The van der Waals surface area contributed by atoms with E-state index >= 15 is 0 Å². The van der Waals surface area contributed by atoms with Gasteiger partial charge in [-0.25, -0.2) is 8.42 Å². The molecule has 0 heterocycles. The van der Waals surface area contributed by atoms with Crippen molar-refractivity contribution in [3.05, 3.63) is 59.2 Å². The van der Waals surface area contributed by atoms with Crippen LogP contribution in [0.2, 0.25) is 0 Å². The van der Waals surface area contributed by atoms with Gasteiger partial charge in [-0.15, -0.1) is 0 Å². The van der Waals surface area contributed by atoms with Crippen LogP contribution in [0.1, 0.15) is 37.5 Å². The molecule has 0 aliphatic heterocycles. The summed E-state index contributed by atoms with van der Waals surface area (Å²) < 4.78 is 25.0. The average molecular weight is 359 g/mol. The SMILES string of the molecule is Cc1ccc(S(=O)(=O)CC(=O)Nc2ccccc2C(C)(C)C)cc1C. The number of para-hydroxylation sites is 1. The molecular weight excluding hydrogens is 334 g/mol. The molecule has 1 N–H and O–H groups in total. The summed E-state index contributed by atoms with van der Waals surface area (Å²) in [5.74, 6) is -1.11. The third-order valence-electron chi connectivity index (χ3n) is 4.17. The topological polar surface area (TPSA) is 63.2 Å². The van der Waals surface area contributed by atoms with Gasteiger partial charge >= 0.3 is 0 Å². The molecule has 2 rings (SSSR count). The zero-order chi connectivity index (χ0) is 18.8. The van der Waals surface area contributed by atoms with Crippen LogP contribution in [0.4, 0.5) is 5.69 Å². The standard InChI is InChI=1S/C20H25NO3S/c1-14-10-11-16(12-15(14)2)25(23,24)13-19(22)21-18-9-7-6-8-17(18)20(3,4)5/h6-12H,13H2,1-5H3,(H,21,22). The highest BCUT2D eigenvalue weighted by Gasteiger charge is 2.22. The molecule has 0 fully saturated rings. The van der Waals surface area contributed by atoms with Crippen LogP contribution in [0.25, 0.3) is 0 Å². The van der Waals surface area contributed by atoms with E-state index in [-0.39, 0.29) is 10.3 Å². The number of carbonyl (C=O) groups is 1. The molecule has 2 aromatic rings. The van der Waals surface area contributed by atoms with Crippen LogP contribution in [-0.4, -0.2) is 20.1 Å². The van der Waals surface area contributed by atoms with Crippen LogP contribution in [0, 0.1) is 13.8 Å². The minimum absolute atomic E-state index is 0.156. The van der Waals surface area contributed by atoms with E-state index in [9.17, 15) is 13.2 Å². The van der Waals surface area contributed by atoms with Gasteiger partial charge in [0.1, 0.15) is 5.75 Å². The fraction of sp³-hybridized carbons (Fsp3) is 0.350. The monoisotopic (exact) mass is 359 g/mol. The highest BCUT2D eigenvalue weighted by molar-refractivity contribution is 7.92. The lowest BCUT2D eigenvalue weighted by Gasteiger charge is -2.23. The summed E-state index contributed by atoms with van der Waals surface area (Å²) in [5, 5.41) is 2.75. The molecule has 0 radical (unpaired) electrons. The summed E-state index contributed by atoms with van der Waals surface area (Å²) in [6, 6.07) is 12.4. The summed E-state index contributed by atoms with van der Waals surface area (Å²) in [7, 11) is -3.68. The molecule has 0 spiro atoms. The molecule has 0 aliphatic carbocycles. The molecule has 134 valence electrons. The van der Waals surface area contributed by atoms with Crippen LogP contribution >= 0.6 is 0 Å². The van der Waals surface area contributed by atoms with Gasteiger partial charge in [-0.2, -0.15) is 0 Å².